The van der Waals surface area contributed by atoms with Gasteiger partial charge in [0.1, 0.15) is 0 Å². The summed E-state index contributed by atoms with van der Waals surface area (Å²) in [6, 6.07) is 0. The molecule has 0 heterocycles. The molecule has 1 aliphatic carbocycles. The van der Waals surface area contributed by atoms with Crippen LogP contribution < -0.4 is 0 Å². The second kappa shape index (κ2) is 5.53. The fourth-order valence-electron chi connectivity index (χ4n) is 2.40. The third-order valence-electron chi connectivity index (χ3n) is 3.35. The number of hydrogen-bond acceptors (Lipinski definition) is 0. The molecule has 0 nitrogen and oxygen atoms in total. The van der Waals surface area contributed by atoms with E-state index in [2.05, 4.69) is 56.4 Å². The highest BCUT2D eigenvalue weighted by Gasteiger charge is 2.25. The van der Waals surface area contributed by atoms with E-state index >= 15 is 0 Å². The van der Waals surface area contributed by atoms with Gasteiger partial charge in [0.25, 0.3) is 0 Å². The molecule has 0 saturated carbocycles. The largest absolute Gasteiger partial charge is 0.0861 e. The average Bonchev–Trinajstić information content (AvgIpc) is 2.10. The maximum Gasteiger partial charge on any atom is 0.00294 e. The maximum atomic E-state index is 2.55. The molecular weight excluding hydrogens is 283 g/mol. The monoisotopic (exact) mass is 306 g/mol. The van der Waals surface area contributed by atoms with E-state index in [1.54, 1.807) is 5.57 Å². The van der Waals surface area contributed by atoms with Crippen LogP contribution in [0.15, 0.2) is 11.6 Å². The molecule has 0 amide bonds. The Labute approximate surface area is 103 Å². The Morgan fingerprint density at radius 2 is 2.07 bits per heavy atom. The smallest absolute Gasteiger partial charge is 0.00294 e. The lowest BCUT2D eigenvalue weighted by Crippen LogP contribution is -2.22. The molecule has 0 aromatic rings. The molecule has 0 aromatic carbocycles. The molecule has 0 saturated heterocycles. The van der Waals surface area contributed by atoms with E-state index in [0.29, 0.717) is 0 Å². The fraction of sp³-hybridized carbons (Fsp3) is 0.846. The van der Waals surface area contributed by atoms with Crippen LogP contribution in [0.25, 0.3) is 0 Å². The summed E-state index contributed by atoms with van der Waals surface area (Å²) in [7, 11) is 0. The first-order chi connectivity index (χ1) is 6.54. The summed E-state index contributed by atoms with van der Waals surface area (Å²) in [5.74, 6) is 3.36. The normalized spacial score (nSPS) is 33.3. The lowest BCUT2D eigenvalue weighted by atomic mass is 9.75. The standard InChI is InChI=1S/C13H23I/c1-9(2)5-12-6-11(4)13(8-14)7-10(12)3/h6,9-11,13H,5,7-8H2,1-4H3. The van der Waals surface area contributed by atoms with E-state index in [4.69, 9.17) is 0 Å². The summed E-state index contributed by atoms with van der Waals surface area (Å²) in [5.41, 5.74) is 1.72. The minimum Gasteiger partial charge on any atom is -0.0861 e. The molecule has 1 heteroatoms. The zero-order valence-electron chi connectivity index (χ0n) is 9.89. The average molecular weight is 306 g/mol. The van der Waals surface area contributed by atoms with Crippen molar-refractivity contribution in [3.63, 3.8) is 0 Å². The summed E-state index contributed by atoms with van der Waals surface area (Å²) >= 11 is 2.54. The van der Waals surface area contributed by atoms with E-state index in [1.807, 2.05) is 0 Å². The minimum atomic E-state index is 0.803. The molecule has 0 aromatic heterocycles. The molecule has 0 aliphatic heterocycles. The zero-order valence-corrected chi connectivity index (χ0v) is 12.0. The van der Waals surface area contributed by atoms with Gasteiger partial charge in [0, 0.05) is 4.43 Å². The highest BCUT2D eigenvalue weighted by molar-refractivity contribution is 14.1. The molecule has 14 heavy (non-hydrogen) atoms. The fourth-order valence-corrected chi connectivity index (χ4v) is 3.56. The van der Waals surface area contributed by atoms with Crippen molar-refractivity contribution in [2.75, 3.05) is 4.43 Å². The van der Waals surface area contributed by atoms with Gasteiger partial charge in [-0.05, 0) is 36.5 Å². The Morgan fingerprint density at radius 3 is 2.57 bits per heavy atom. The first-order valence-electron chi connectivity index (χ1n) is 5.81. The third-order valence-corrected chi connectivity index (χ3v) is 4.48. The van der Waals surface area contributed by atoms with Crippen LogP contribution in [-0.2, 0) is 0 Å². The van der Waals surface area contributed by atoms with Crippen molar-refractivity contribution >= 4 is 22.6 Å². The number of allylic oxidation sites excluding steroid dienone is 2. The van der Waals surface area contributed by atoms with Crippen LogP contribution in [0.5, 0.6) is 0 Å². The molecule has 0 bridgehead atoms. The summed E-state index contributed by atoms with van der Waals surface area (Å²) in [6.07, 6.45) is 5.26. The SMILES string of the molecule is CC(C)CC1=CC(C)C(CI)CC1C. The minimum absolute atomic E-state index is 0.803. The van der Waals surface area contributed by atoms with Crippen LogP contribution in [0, 0.1) is 23.7 Å². The van der Waals surface area contributed by atoms with Gasteiger partial charge in [0.05, 0.1) is 0 Å². The Balaban J connectivity index is 2.67. The molecule has 82 valence electrons. The Hall–Kier alpha value is 0.470. The summed E-state index contributed by atoms with van der Waals surface area (Å²) < 4.78 is 1.31. The molecule has 3 atom stereocenters. The van der Waals surface area contributed by atoms with Crippen LogP contribution in [0.3, 0.4) is 0 Å². The molecular formula is C13H23I. The van der Waals surface area contributed by atoms with Gasteiger partial charge in [-0.1, -0.05) is 61.9 Å². The van der Waals surface area contributed by atoms with Gasteiger partial charge >= 0.3 is 0 Å². The van der Waals surface area contributed by atoms with Gasteiger partial charge in [-0.25, -0.2) is 0 Å². The predicted molar refractivity (Wildman–Crippen MR) is 72.9 cm³/mol. The first kappa shape index (κ1) is 12.5. The molecule has 0 radical (unpaired) electrons. The first-order valence-corrected chi connectivity index (χ1v) is 7.33. The van der Waals surface area contributed by atoms with E-state index in [9.17, 15) is 0 Å². The van der Waals surface area contributed by atoms with E-state index in [1.165, 1.54) is 17.3 Å². The van der Waals surface area contributed by atoms with Crippen molar-refractivity contribution in [3.8, 4) is 0 Å². The molecule has 0 fully saturated rings. The second-order valence-corrected chi connectivity index (χ2v) is 6.13. The van der Waals surface area contributed by atoms with E-state index < -0.39 is 0 Å². The molecule has 0 N–H and O–H groups in total. The lowest BCUT2D eigenvalue weighted by molar-refractivity contribution is 0.348. The summed E-state index contributed by atoms with van der Waals surface area (Å²) in [4.78, 5) is 0. The van der Waals surface area contributed by atoms with Crippen molar-refractivity contribution in [1.29, 1.82) is 0 Å². The molecule has 1 rings (SSSR count). The van der Waals surface area contributed by atoms with Gasteiger partial charge in [-0.3, -0.25) is 0 Å². The topological polar surface area (TPSA) is 0 Å². The highest BCUT2D eigenvalue weighted by atomic mass is 127. The van der Waals surface area contributed by atoms with Gasteiger partial charge in [-0.2, -0.15) is 0 Å². The number of rotatable bonds is 3. The number of hydrogen-bond donors (Lipinski definition) is 0. The van der Waals surface area contributed by atoms with Gasteiger partial charge in [-0.15, -0.1) is 0 Å². The number of halogens is 1. The summed E-state index contributed by atoms with van der Waals surface area (Å²) in [5, 5.41) is 0. The van der Waals surface area contributed by atoms with Gasteiger partial charge in [0.15, 0.2) is 0 Å². The third kappa shape index (κ3) is 3.25. The summed E-state index contributed by atoms with van der Waals surface area (Å²) in [6.45, 7) is 9.43. The molecule has 3 unspecified atom stereocenters. The Bertz CT molecular complexity index is 205. The molecule has 0 spiro atoms. The van der Waals surface area contributed by atoms with Crippen LogP contribution in [0.2, 0.25) is 0 Å². The Morgan fingerprint density at radius 1 is 1.43 bits per heavy atom. The van der Waals surface area contributed by atoms with Gasteiger partial charge < -0.3 is 0 Å². The molecule has 1 aliphatic rings. The van der Waals surface area contributed by atoms with Gasteiger partial charge in [0.2, 0.25) is 0 Å². The van der Waals surface area contributed by atoms with Crippen molar-refractivity contribution < 1.29 is 0 Å². The van der Waals surface area contributed by atoms with Crippen molar-refractivity contribution in [1.82, 2.24) is 0 Å². The maximum absolute atomic E-state index is 2.55. The zero-order chi connectivity index (χ0) is 10.7. The quantitative estimate of drug-likeness (QED) is 0.403. The van der Waals surface area contributed by atoms with Crippen LogP contribution in [-0.4, -0.2) is 4.43 Å². The van der Waals surface area contributed by atoms with E-state index in [-0.39, 0.29) is 0 Å². The lowest BCUT2D eigenvalue weighted by Gasteiger charge is -2.32. The predicted octanol–water partition coefficient (Wildman–Crippen LogP) is 4.69. The van der Waals surface area contributed by atoms with Crippen molar-refractivity contribution in [3.05, 3.63) is 11.6 Å². The van der Waals surface area contributed by atoms with Crippen molar-refractivity contribution in [2.45, 2.75) is 40.5 Å². The highest BCUT2D eigenvalue weighted by Crippen LogP contribution is 2.36. The number of alkyl halides is 1. The van der Waals surface area contributed by atoms with Crippen LogP contribution in [0.4, 0.5) is 0 Å². The second-order valence-electron chi connectivity index (χ2n) is 5.25. The Kier molecular flexibility index (Phi) is 4.95. The van der Waals surface area contributed by atoms with Crippen LogP contribution in [0.1, 0.15) is 40.5 Å². The van der Waals surface area contributed by atoms with E-state index in [0.717, 1.165) is 23.7 Å². The van der Waals surface area contributed by atoms with Crippen LogP contribution >= 0.6 is 22.6 Å². The van der Waals surface area contributed by atoms with Crippen molar-refractivity contribution in [2.24, 2.45) is 23.7 Å².